The maximum Gasteiger partial charge on any atom is 0.330 e. The number of aliphatic carboxylic acids is 1. The van der Waals surface area contributed by atoms with Gasteiger partial charge in [-0.05, 0) is 29.9 Å². The molecule has 1 fully saturated rings. The van der Waals surface area contributed by atoms with Crippen LogP contribution in [0.5, 0.6) is 0 Å². The number of carboxylic acid groups (broad SMARTS) is 1. The molecule has 1 aromatic rings. The third-order valence-corrected chi connectivity index (χ3v) is 4.53. The second-order valence-electron chi connectivity index (χ2n) is 4.54. The van der Waals surface area contributed by atoms with Gasteiger partial charge < -0.3 is 10.4 Å². The summed E-state index contributed by atoms with van der Waals surface area (Å²) in [5.41, 5.74) is -0.290. The average Bonchev–Trinajstić information content (AvgIpc) is 2.82. The Labute approximate surface area is 120 Å². The maximum absolute atomic E-state index is 11.9. The highest BCUT2D eigenvalue weighted by Gasteiger charge is 2.43. The van der Waals surface area contributed by atoms with Crippen LogP contribution < -0.4 is 5.32 Å². The Kier molecular flexibility index (Phi) is 4.37. The number of carbonyl (C=O) groups excluding carboxylic acids is 1. The fraction of sp³-hybridized carbons (Fsp3) is 0.385. The Balaban J connectivity index is 2.00. The van der Waals surface area contributed by atoms with Crippen molar-refractivity contribution in [3.63, 3.8) is 0 Å². The zero-order valence-electron chi connectivity index (χ0n) is 10.2. The van der Waals surface area contributed by atoms with Crippen LogP contribution in [-0.4, -0.2) is 34.0 Å². The van der Waals surface area contributed by atoms with E-state index in [-0.39, 0.29) is 12.3 Å². The van der Waals surface area contributed by atoms with Crippen LogP contribution in [0.25, 0.3) is 0 Å². The predicted molar refractivity (Wildman–Crippen MR) is 75.6 cm³/mol. The summed E-state index contributed by atoms with van der Waals surface area (Å²) in [4.78, 5) is 23.3. The summed E-state index contributed by atoms with van der Waals surface area (Å²) >= 11 is 7.31. The van der Waals surface area contributed by atoms with Crippen molar-refractivity contribution in [3.8, 4) is 0 Å². The number of carboxylic acids is 1. The molecule has 6 heteroatoms. The number of hydrogen-bond acceptors (Lipinski definition) is 3. The summed E-state index contributed by atoms with van der Waals surface area (Å²) in [5, 5.41) is 12.5. The lowest BCUT2D eigenvalue weighted by Gasteiger charge is -2.24. The highest BCUT2D eigenvalue weighted by Crippen LogP contribution is 2.28. The van der Waals surface area contributed by atoms with Gasteiger partial charge in [0.25, 0.3) is 0 Å². The molecule has 102 valence electrons. The lowest BCUT2D eigenvalue weighted by atomic mass is 9.98. The summed E-state index contributed by atoms with van der Waals surface area (Å²) in [6.07, 6.45) is 0.635. The normalized spacial score (nSPS) is 22.2. The minimum atomic E-state index is -1.10. The first-order valence-corrected chi connectivity index (χ1v) is 7.42. The second kappa shape index (κ2) is 5.84. The highest BCUT2D eigenvalue weighted by molar-refractivity contribution is 7.99. The standard InChI is InChI=1S/C13H14ClNO3S/c14-10-3-1-9(2-4-10)7-11(16)15-13(12(17)18)5-6-19-8-13/h1-4H,5-8H2,(H,15,16)(H,17,18). The van der Waals surface area contributed by atoms with Crippen LogP contribution in [0.3, 0.4) is 0 Å². The minimum Gasteiger partial charge on any atom is -0.479 e. The molecule has 1 unspecified atom stereocenters. The molecule has 4 nitrogen and oxygen atoms in total. The highest BCUT2D eigenvalue weighted by atomic mass is 35.5. The van der Waals surface area contributed by atoms with Crippen LogP contribution in [0.4, 0.5) is 0 Å². The third kappa shape index (κ3) is 3.42. The average molecular weight is 300 g/mol. The topological polar surface area (TPSA) is 66.4 Å². The number of hydrogen-bond donors (Lipinski definition) is 2. The lowest BCUT2D eigenvalue weighted by molar-refractivity contribution is -0.146. The van der Waals surface area contributed by atoms with E-state index in [4.69, 9.17) is 11.6 Å². The van der Waals surface area contributed by atoms with Crippen LogP contribution in [0.2, 0.25) is 5.02 Å². The summed E-state index contributed by atoms with van der Waals surface area (Å²) in [6, 6.07) is 6.95. The van der Waals surface area contributed by atoms with Gasteiger partial charge in [0.1, 0.15) is 5.54 Å². The van der Waals surface area contributed by atoms with Crippen LogP contribution in [0.15, 0.2) is 24.3 Å². The molecule has 0 bridgehead atoms. The molecule has 1 aliphatic rings. The molecule has 0 saturated carbocycles. The van der Waals surface area contributed by atoms with Crippen LogP contribution in [-0.2, 0) is 16.0 Å². The fourth-order valence-electron chi connectivity index (χ4n) is 1.98. The summed E-state index contributed by atoms with van der Waals surface area (Å²) in [6.45, 7) is 0. The van der Waals surface area contributed by atoms with E-state index in [1.54, 1.807) is 36.0 Å². The first-order valence-electron chi connectivity index (χ1n) is 5.88. The van der Waals surface area contributed by atoms with Gasteiger partial charge in [-0.1, -0.05) is 23.7 Å². The van der Waals surface area contributed by atoms with Crippen molar-refractivity contribution in [1.29, 1.82) is 0 Å². The van der Waals surface area contributed by atoms with Gasteiger partial charge >= 0.3 is 5.97 Å². The Hall–Kier alpha value is -1.20. The predicted octanol–water partition coefficient (Wildman–Crippen LogP) is 1.96. The zero-order chi connectivity index (χ0) is 13.9. The quantitative estimate of drug-likeness (QED) is 0.892. The van der Waals surface area contributed by atoms with E-state index in [2.05, 4.69) is 5.32 Å². The molecular weight excluding hydrogens is 286 g/mol. The molecule has 1 atom stereocenters. The fourth-order valence-corrected chi connectivity index (χ4v) is 3.44. The smallest absolute Gasteiger partial charge is 0.330 e. The molecule has 2 N–H and O–H groups in total. The molecule has 1 amide bonds. The van der Waals surface area contributed by atoms with Crippen molar-refractivity contribution >= 4 is 35.2 Å². The van der Waals surface area contributed by atoms with E-state index in [1.165, 1.54) is 0 Å². The van der Waals surface area contributed by atoms with Crippen molar-refractivity contribution in [3.05, 3.63) is 34.9 Å². The Morgan fingerprint density at radius 2 is 2.05 bits per heavy atom. The molecule has 0 radical (unpaired) electrons. The SMILES string of the molecule is O=C(Cc1ccc(Cl)cc1)NC1(C(=O)O)CCSC1. The van der Waals surface area contributed by atoms with Crippen molar-refractivity contribution in [2.24, 2.45) is 0 Å². The Morgan fingerprint density at radius 3 is 2.58 bits per heavy atom. The van der Waals surface area contributed by atoms with Gasteiger partial charge in [0.2, 0.25) is 5.91 Å². The van der Waals surface area contributed by atoms with Gasteiger partial charge in [0.15, 0.2) is 0 Å². The molecule has 19 heavy (non-hydrogen) atoms. The summed E-state index contributed by atoms with van der Waals surface area (Å²) in [7, 11) is 0. The molecule has 1 aliphatic heterocycles. The van der Waals surface area contributed by atoms with E-state index in [1.807, 2.05) is 0 Å². The number of nitrogens with one attached hydrogen (secondary N) is 1. The second-order valence-corrected chi connectivity index (χ2v) is 6.08. The van der Waals surface area contributed by atoms with E-state index in [9.17, 15) is 14.7 Å². The van der Waals surface area contributed by atoms with Gasteiger partial charge in [0, 0.05) is 10.8 Å². The van der Waals surface area contributed by atoms with Crippen molar-refractivity contribution in [1.82, 2.24) is 5.32 Å². The molecule has 0 spiro atoms. The van der Waals surface area contributed by atoms with Gasteiger partial charge in [-0.2, -0.15) is 11.8 Å². The van der Waals surface area contributed by atoms with Crippen molar-refractivity contribution < 1.29 is 14.7 Å². The van der Waals surface area contributed by atoms with Crippen LogP contribution in [0.1, 0.15) is 12.0 Å². The lowest BCUT2D eigenvalue weighted by Crippen LogP contribution is -2.55. The number of halogens is 1. The van der Waals surface area contributed by atoms with Gasteiger partial charge in [-0.15, -0.1) is 0 Å². The van der Waals surface area contributed by atoms with E-state index in [0.29, 0.717) is 17.2 Å². The number of rotatable bonds is 4. The van der Waals surface area contributed by atoms with Gasteiger partial charge in [0.05, 0.1) is 6.42 Å². The first kappa shape index (κ1) is 14.2. The van der Waals surface area contributed by atoms with Gasteiger partial charge in [-0.3, -0.25) is 4.79 Å². The molecule has 0 aliphatic carbocycles. The monoisotopic (exact) mass is 299 g/mol. The summed E-state index contributed by atoms with van der Waals surface area (Å²) in [5.74, 6) is -0.0449. The first-order chi connectivity index (χ1) is 9.02. The largest absolute Gasteiger partial charge is 0.479 e. The number of carbonyl (C=O) groups is 2. The van der Waals surface area contributed by atoms with E-state index >= 15 is 0 Å². The van der Waals surface area contributed by atoms with Crippen molar-refractivity contribution in [2.75, 3.05) is 11.5 Å². The third-order valence-electron chi connectivity index (χ3n) is 3.09. The summed E-state index contributed by atoms with van der Waals surface area (Å²) < 4.78 is 0. The van der Waals surface area contributed by atoms with E-state index in [0.717, 1.165) is 11.3 Å². The van der Waals surface area contributed by atoms with Crippen LogP contribution >= 0.6 is 23.4 Å². The molecule has 1 heterocycles. The Morgan fingerprint density at radius 1 is 1.37 bits per heavy atom. The maximum atomic E-state index is 11.9. The molecule has 0 aromatic heterocycles. The number of benzene rings is 1. The molecule has 1 saturated heterocycles. The number of amides is 1. The Bertz CT molecular complexity index is 483. The molecule has 2 rings (SSSR count). The van der Waals surface area contributed by atoms with Crippen LogP contribution in [0, 0.1) is 0 Å². The molecule has 1 aromatic carbocycles. The zero-order valence-corrected chi connectivity index (χ0v) is 11.8. The number of thioether (sulfide) groups is 1. The van der Waals surface area contributed by atoms with Crippen molar-refractivity contribution in [2.45, 2.75) is 18.4 Å². The minimum absolute atomic E-state index is 0.164. The molecular formula is C13H14ClNO3S. The van der Waals surface area contributed by atoms with Gasteiger partial charge in [-0.25, -0.2) is 4.79 Å². The van der Waals surface area contributed by atoms with E-state index < -0.39 is 11.5 Å².